The van der Waals surface area contributed by atoms with Gasteiger partial charge in [0.05, 0.1) is 0 Å². The molecule has 3 heteroatoms. The Hall–Kier alpha value is -0.120. The van der Waals surface area contributed by atoms with Gasteiger partial charge in [0.1, 0.15) is 0 Å². The van der Waals surface area contributed by atoms with Gasteiger partial charge in [0.15, 0.2) is 0 Å². The molecule has 0 aromatic carbocycles. The molecule has 0 aromatic heterocycles. The zero-order valence-corrected chi connectivity index (χ0v) is 10.9. The molecule has 2 fully saturated rings. The highest BCUT2D eigenvalue weighted by atomic mass is 15.3. The number of hydrogen-bond donors (Lipinski definition) is 1. The molecule has 2 rings (SSSR count). The van der Waals surface area contributed by atoms with Crippen LogP contribution in [-0.4, -0.2) is 61.2 Å². The smallest absolute Gasteiger partial charge is 0.0235 e. The van der Waals surface area contributed by atoms with Crippen molar-refractivity contribution < 1.29 is 0 Å². The van der Waals surface area contributed by atoms with Crippen LogP contribution in [-0.2, 0) is 0 Å². The van der Waals surface area contributed by atoms with Gasteiger partial charge in [0.2, 0.25) is 0 Å². The molecular weight excluding hydrogens is 198 g/mol. The second kappa shape index (κ2) is 5.99. The SMILES string of the molecule is CCNC(C)CN1CCC(N2CCCC2)C1. The van der Waals surface area contributed by atoms with Gasteiger partial charge >= 0.3 is 0 Å². The van der Waals surface area contributed by atoms with Crippen molar-refractivity contribution in [1.29, 1.82) is 0 Å². The van der Waals surface area contributed by atoms with E-state index in [0.29, 0.717) is 6.04 Å². The number of hydrogen-bond acceptors (Lipinski definition) is 3. The maximum atomic E-state index is 3.50. The molecule has 2 saturated heterocycles. The predicted octanol–water partition coefficient (Wildman–Crippen LogP) is 1.15. The number of rotatable bonds is 5. The van der Waals surface area contributed by atoms with Crippen LogP contribution in [0.2, 0.25) is 0 Å². The Kier molecular flexibility index (Phi) is 4.62. The average Bonchev–Trinajstić information content (AvgIpc) is 2.86. The highest BCUT2D eigenvalue weighted by Gasteiger charge is 2.29. The fourth-order valence-corrected chi connectivity index (χ4v) is 3.18. The van der Waals surface area contributed by atoms with Gasteiger partial charge in [-0.05, 0) is 52.4 Å². The summed E-state index contributed by atoms with van der Waals surface area (Å²) in [5.74, 6) is 0. The summed E-state index contributed by atoms with van der Waals surface area (Å²) in [6, 6.07) is 1.50. The van der Waals surface area contributed by atoms with Gasteiger partial charge in [-0.3, -0.25) is 4.90 Å². The lowest BCUT2D eigenvalue weighted by molar-refractivity contribution is 0.225. The van der Waals surface area contributed by atoms with Gasteiger partial charge in [0.25, 0.3) is 0 Å². The molecule has 94 valence electrons. The summed E-state index contributed by atoms with van der Waals surface area (Å²) < 4.78 is 0. The van der Waals surface area contributed by atoms with E-state index in [0.717, 1.165) is 12.6 Å². The van der Waals surface area contributed by atoms with Crippen LogP contribution in [0.5, 0.6) is 0 Å². The van der Waals surface area contributed by atoms with E-state index in [1.807, 2.05) is 0 Å². The lowest BCUT2D eigenvalue weighted by atomic mass is 10.2. The monoisotopic (exact) mass is 225 g/mol. The molecular formula is C13H27N3. The van der Waals surface area contributed by atoms with E-state index < -0.39 is 0 Å². The van der Waals surface area contributed by atoms with Gasteiger partial charge in [0, 0.05) is 25.2 Å². The second-order valence-corrected chi connectivity index (χ2v) is 5.40. The zero-order valence-electron chi connectivity index (χ0n) is 10.9. The van der Waals surface area contributed by atoms with E-state index in [9.17, 15) is 0 Å². The third-order valence-corrected chi connectivity index (χ3v) is 3.99. The van der Waals surface area contributed by atoms with E-state index in [1.165, 1.54) is 52.0 Å². The second-order valence-electron chi connectivity index (χ2n) is 5.40. The van der Waals surface area contributed by atoms with Gasteiger partial charge in [-0.2, -0.15) is 0 Å². The van der Waals surface area contributed by atoms with E-state index in [4.69, 9.17) is 0 Å². The minimum Gasteiger partial charge on any atom is -0.313 e. The summed E-state index contributed by atoms with van der Waals surface area (Å²) in [5, 5.41) is 3.50. The summed E-state index contributed by atoms with van der Waals surface area (Å²) in [5.41, 5.74) is 0. The van der Waals surface area contributed by atoms with Crippen molar-refractivity contribution in [2.75, 3.05) is 39.3 Å². The molecule has 0 saturated carbocycles. The summed E-state index contributed by atoms with van der Waals surface area (Å²) in [6.07, 6.45) is 4.23. The van der Waals surface area contributed by atoms with Crippen LogP contribution in [0.4, 0.5) is 0 Å². The van der Waals surface area contributed by atoms with Gasteiger partial charge < -0.3 is 10.2 Å². The first kappa shape index (κ1) is 12.3. The Morgan fingerprint density at radius 2 is 2.00 bits per heavy atom. The molecule has 0 amide bonds. The molecule has 2 aliphatic rings. The van der Waals surface area contributed by atoms with Crippen LogP contribution in [0.25, 0.3) is 0 Å². The lowest BCUT2D eigenvalue weighted by Crippen LogP contribution is -2.40. The minimum absolute atomic E-state index is 0.641. The Morgan fingerprint density at radius 3 is 2.69 bits per heavy atom. The number of nitrogens with zero attached hydrogens (tertiary/aromatic N) is 2. The third-order valence-electron chi connectivity index (χ3n) is 3.99. The van der Waals surface area contributed by atoms with E-state index >= 15 is 0 Å². The first-order chi connectivity index (χ1) is 7.79. The quantitative estimate of drug-likeness (QED) is 0.757. The highest BCUT2D eigenvalue weighted by Crippen LogP contribution is 2.20. The normalized spacial score (nSPS) is 30.0. The number of nitrogens with one attached hydrogen (secondary N) is 1. The zero-order chi connectivity index (χ0) is 11.4. The van der Waals surface area contributed by atoms with Crippen molar-refractivity contribution in [3.63, 3.8) is 0 Å². The van der Waals surface area contributed by atoms with Crippen molar-refractivity contribution in [3.05, 3.63) is 0 Å². The summed E-state index contributed by atoms with van der Waals surface area (Å²) in [6.45, 7) is 12.1. The van der Waals surface area contributed by atoms with Crippen molar-refractivity contribution in [2.45, 2.75) is 45.2 Å². The fraction of sp³-hybridized carbons (Fsp3) is 1.00. The molecule has 1 N–H and O–H groups in total. The maximum Gasteiger partial charge on any atom is 0.0235 e. The summed E-state index contributed by atoms with van der Waals surface area (Å²) in [4.78, 5) is 5.34. The summed E-state index contributed by atoms with van der Waals surface area (Å²) >= 11 is 0. The van der Waals surface area contributed by atoms with Gasteiger partial charge in [-0.15, -0.1) is 0 Å². The molecule has 2 heterocycles. The minimum atomic E-state index is 0.641. The molecule has 0 aromatic rings. The maximum absolute atomic E-state index is 3.50. The molecule has 0 aliphatic carbocycles. The Morgan fingerprint density at radius 1 is 1.25 bits per heavy atom. The third kappa shape index (κ3) is 3.19. The van der Waals surface area contributed by atoms with E-state index in [-0.39, 0.29) is 0 Å². The predicted molar refractivity (Wildman–Crippen MR) is 68.8 cm³/mol. The van der Waals surface area contributed by atoms with Crippen molar-refractivity contribution in [1.82, 2.24) is 15.1 Å². The average molecular weight is 225 g/mol. The Labute approximate surface area is 100 Å². The first-order valence-electron chi connectivity index (χ1n) is 6.99. The van der Waals surface area contributed by atoms with Crippen LogP contribution in [0.15, 0.2) is 0 Å². The largest absolute Gasteiger partial charge is 0.313 e. The molecule has 16 heavy (non-hydrogen) atoms. The lowest BCUT2D eigenvalue weighted by Gasteiger charge is -2.25. The van der Waals surface area contributed by atoms with E-state index in [1.54, 1.807) is 0 Å². The Bertz CT molecular complexity index is 201. The fourth-order valence-electron chi connectivity index (χ4n) is 3.18. The van der Waals surface area contributed by atoms with Crippen LogP contribution >= 0.6 is 0 Å². The van der Waals surface area contributed by atoms with Crippen LogP contribution in [0, 0.1) is 0 Å². The topological polar surface area (TPSA) is 18.5 Å². The van der Waals surface area contributed by atoms with Gasteiger partial charge in [-0.25, -0.2) is 0 Å². The number of likely N-dealkylation sites (N-methyl/N-ethyl adjacent to an activating group) is 1. The van der Waals surface area contributed by atoms with Crippen molar-refractivity contribution >= 4 is 0 Å². The molecule has 3 nitrogen and oxygen atoms in total. The summed E-state index contributed by atoms with van der Waals surface area (Å²) in [7, 11) is 0. The van der Waals surface area contributed by atoms with Crippen LogP contribution in [0.3, 0.4) is 0 Å². The van der Waals surface area contributed by atoms with Gasteiger partial charge in [-0.1, -0.05) is 6.92 Å². The molecule has 2 unspecified atom stereocenters. The molecule has 0 spiro atoms. The van der Waals surface area contributed by atoms with Crippen LogP contribution < -0.4 is 5.32 Å². The highest BCUT2D eigenvalue weighted by molar-refractivity contribution is 4.86. The molecule has 2 aliphatic heterocycles. The van der Waals surface area contributed by atoms with E-state index in [2.05, 4.69) is 29.0 Å². The molecule has 0 bridgehead atoms. The van der Waals surface area contributed by atoms with Crippen LogP contribution in [0.1, 0.15) is 33.1 Å². The molecule has 0 radical (unpaired) electrons. The Balaban J connectivity index is 1.70. The standard InChI is InChI=1S/C13H27N3/c1-3-14-12(2)10-15-9-6-13(11-15)16-7-4-5-8-16/h12-14H,3-11H2,1-2H3. The van der Waals surface area contributed by atoms with Crippen molar-refractivity contribution in [3.8, 4) is 0 Å². The number of likely N-dealkylation sites (tertiary alicyclic amines) is 2. The van der Waals surface area contributed by atoms with Crippen molar-refractivity contribution in [2.24, 2.45) is 0 Å². The first-order valence-corrected chi connectivity index (χ1v) is 6.99. The molecule has 2 atom stereocenters.